The van der Waals surface area contributed by atoms with Gasteiger partial charge >= 0.3 is 0 Å². The molecule has 1 amide bonds. The fourth-order valence-corrected chi connectivity index (χ4v) is 4.41. The molecule has 6 nitrogen and oxygen atoms in total. The van der Waals surface area contributed by atoms with Crippen LogP contribution in [-0.2, 0) is 11.3 Å². The molecule has 7 heteroatoms. The number of nitrogens with zero attached hydrogens (tertiary/aromatic N) is 5. The van der Waals surface area contributed by atoms with Gasteiger partial charge in [-0.2, -0.15) is 0 Å². The molecule has 4 aromatic rings. The first-order valence-corrected chi connectivity index (χ1v) is 11.8. The second-order valence-corrected chi connectivity index (χ2v) is 9.05. The Morgan fingerprint density at radius 3 is 2.42 bits per heavy atom. The van der Waals surface area contributed by atoms with Gasteiger partial charge in [0, 0.05) is 31.5 Å². The Bertz CT molecular complexity index is 1270. The number of hydrogen-bond acceptors (Lipinski definition) is 5. The van der Waals surface area contributed by atoms with Gasteiger partial charge in [-0.05, 0) is 67.3 Å². The predicted molar refractivity (Wildman–Crippen MR) is 132 cm³/mol. The number of hydrogen-bond donors (Lipinski definition) is 0. The Labute approximate surface area is 198 Å². The van der Waals surface area contributed by atoms with E-state index in [2.05, 4.69) is 66.3 Å². The van der Waals surface area contributed by atoms with Crippen LogP contribution in [0.3, 0.4) is 0 Å². The minimum atomic E-state index is 0.0448. The van der Waals surface area contributed by atoms with E-state index < -0.39 is 0 Å². The zero-order valence-electron chi connectivity index (χ0n) is 19.3. The van der Waals surface area contributed by atoms with E-state index in [4.69, 9.17) is 0 Å². The van der Waals surface area contributed by atoms with Crippen LogP contribution in [-0.4, -0.2) is 43.4 Å². The number of pyridine rings is 1. The Hall–Kier alpha value is -3.45. The minimum Gasteiger partial charge on any atom is -0.341 e. The summed E-state index contributed by atoms with van der Waals surface area (Å²) in [5, 5.41) is 9.57. The topological polar surface area (TPSA) is 63.9 Å². The van der Waals surface area contributed by atoms with Crippen molar-refractivity contribution in [3.05, 3.63) is 89.2 Å². The third-order valence-electron chi connectivity index (χ3n) is 5.74. The van der Waals surface area contributed by atoms with Gasteiger partial charge < -0.3 is 4.90 Å². The largest absolute Gasteiger partial charge is 0.341 e. The highest BCUT2D eigenvalue weighted by Crippen LogP contribution is 2.29. The predicted octanol–water partition coefficient (Wildman–Crippen LogP) is 5.01. The maximum atomic E-state index is 12.9. The molecule has 0 bridgehead atoms. The molecule has 2 heterocycles. The molecule has 0 radical (unpaired) electrons. The Kier molecular flexibility index (Phi) is 6.89. The summed E-state index contributed by atoms with van der Waals surface area (Å²) in [6, 6.07) is 18.2. The number of aromatic nitrogens is 4. The van der Waals surface area contributed by atoms with Crippen molar-refractivity contribution in [1.82, 2.24) is 24.6 Å². The number of carbonyl (C=O) groups is 1. The second-order valence-electron chi connectivity index (χ2n) is 8.11. The average molecular weight is 458 g/mol. The zero-order valence-corrected chi connectivity index (χ0v) is 20.1. The molecule has 2 aromatic heterocycles. The first kappa shape index (κ1) is 22.7. The van der Waals surface area contributed by atoms with Gasteiger partial charge in [0.2, 0.25) is 5.91 Å². The summed E-state index contributed by atoms with van der Waals surface area (Å²) in [7, 11) is 1.84. The molecule has 0 aliphatic heterocycles. The van der Waals surface area contributed by atoms with Gasteiger partial charge in [0.25, 0.3) is 0 Å². The Morgan fingerprint density at radius 2 is 1.70 bits per heavy atom. The van der Waals surface area contributed by atoms with Crippen LogP contribution >= 0.6 is 11.8 Å². The first-order valence-electron chi connectivity index (χ1n) is 10.8. The summed E-state index contributed by atoms with van der Waals surface area (Å²) >= 11 is 1.40. The van der Waals surface area contributed by atoms with Crippen molar-refractivity contribution in [3.63, 3.8) is 0 Å². The van der Waals surface area contributed by atoms with Gasteiger partial charge in [-0.15, -0.1) is 10.2 Å². The summed E-state index contributed by atoms with van der Waals surface area (Å²) < 4.78 is 2.01. The fraction of sp³-hybridized carbons (Fsp3) is 0.231. The lowest BCUT2D eigenvalue weighted by Crippen LogP contribution is -2.28. The zero-order chi connectivity index (χ0) is 23.4. The van der Waals surface area contributed by atoms with Crippen molar-refractivity contribution in [2.45, 2.75) is 32.5 Å². The number of benzene rings is 2. The molecule has 2 aromatic carbocycles. The highest BCUT2D eigenvalue weighted by Gasteiger charge is 2.19. The fourth-order valence-electron chi connectivity index (χ4n) is 3.52. The van der Waals surface area contributed by atoms with E-state index in [1.807, 2.05) is 35.9 Å². The van der Waals surface area contributed by atoms with Crippen molar-refractivity contribution in [2.75, 3.05) is 12.8 Å². The molecule has 33 heavy (non-hydrogen) atoms. The summed E-state index contributed by atoms with van der Waals surface area (Å²) in [4.78, 5) is 18.8. The van der Waals surface area contributed by atoms with Crippen molar-refractivity contribution >= 4 is 17.7 Å². The van der Waals surface area contributed by atoms with Crippen LogP contribution in [0.15, 0.2) is 72.1 Å². The number of aryl methyl sites for hydroxylation is 3. The Morgan fingerprint density at radius 1 is 0.939 bits per heavy atom. The smallest absolute Gasteiger partial charge is 0.233 e. The van der Waals surface area contributed by atoms with Crippen LogP contribution in [0.25, 0.3) is 17.1 Å². The normalized spacial score (nSPS) is 10.9. The Balaban J connectivity index is 1.58. The van der Waals surface area contributed by atoms with E-state index in [1.54, 1.807) is 17.3 Å². The lowest BCUT2D eigenvalue weighted by Gasteiger charge is -2.18. The third kappa shape index (κ3) is 5.14. The lowest BCUT2D eigenvalue weighted by atomic mass is 10.1. The first-order chi connectivity index (χ1) is 15.9. The van der Waals surface area contributed by atoms with Gasteiger partial charge in [-0.1, -0.05) is 42.1 Å². The molecule has 0 unspecified atom stereocenters. The van der Waals surface area contributed by atoms with Crippen LogP contribution < -0.4 is 0 Å². The molecular formula is C26H27N5OS. The number of amides is 1. The van der Waals surface area contributed by atoms with E-state index in [0.29, 0.717) is 11.7 Å². The molecule has 0 saturated heterocycles. The SMILES string of the molecule is Cc1ccc(-n2c(SCC(=O)N(C)Cc3ccccc3C)nnc2-c2ccncc2)cc1C. The standard InChI is InChI=1S/C26H27N5OS/c1-18-9-10-23(15-20(18)3)31-25(21-11-13-27-14-12-21)28-29-26(31)33-17-24(32)30(4)16-22-8-6-5-7-19(22)2/h5-15H,16-17H2,1-4H3. The second kappa shape index (κ2) is 10.0. The minimum absolute atomic E-state index is 0.0448. The molecule has 0 fully saturated rings. The lowest BCUT2D eigenvalue weighted by molar-refractivity contribution is -0.127. The van der Waals surface area contributed by atoms with Gasteiger partial charge in [-0.25, -0.2) is 0 Å². The molecule has 168 valence electrons. The summed E-state index contributed by atoms with van der Waals surface area (Å²) in [6.07, 6.45) is 3.48. The number of thioether (sulfide) groups is 1. The van der Waals surface area contributed by atoms with E-state index in [0.717, 1.165) is 22.6 Å². The number of carbonyl (C=O) groups excluding carboxylic acids is 1. The van der Waals surface area contributed by atoms with E-state index in [1.165, 1.54) is 28.5 Å². The molecule has 0 aliphatic rings. The van der Waals surface area contributed by atoms with Crippen molar-refractivity contribution in [3.8, 4) is 17.1 Å². The highest BCUT2D eigenvalue weighted by atomic mass is 32.2. The van der Waals surface area contributed by atoms with E-state index in [9.17, 15) is 4.79 Å². The molecule has 0 N–H and O–H groups in total. The van der Waals surface area contributed by atoms with E-state index >= 15 is 0 Å². The summed E-state index contributed by atoms with van der Waals surface area (Å²) in [5.74, 6) is 1.05. The van der Waals surface area contributed by atoms with Crippen LogP contribution in [0.1, 0.15) is 22.3 Å². The summed E-state index contributed by atoms with van der Waals surface area (Å²) in [6.45, 7) is 6.83. The van der Waals surface area contributed by atoms with Crippen LogP contribution in [0.4, 0.5) is 0 Å². The van der Waals surface area contributed by atoms with Crippen molar-refractivity contribution < 1.29 is 4.79 Å². The highest BCUT2D eigenvalue weighted by molar-refractivity contribution is 7.99. The van der Waals surface area contributed by atoms with Gasteiger partial charge in [0.15, 0.2) is 11.0 Å². The van der Waals surface area contributed by atoms with Gasteiger partial charge in [0.1, 0.15) is 0 Å². The van der Waals surface area contributed by atoms with Crippen LogP contribution in [0.5, 0.6) is 0 Å². The average Bonchev–Trinajstić information content (AvgIpc) is 3.25. The van der Waals surface area contributed by atoms with Gasteiger partial charge in [0.05, 0.1) is 11.4 Å². The molecule has 0 aliphatic carbocycles. The number of rotatable bonds is 7. The van der Waals surface area contributed by atoms with Crippen molar-refractivity contribution in [1.29, 1.82) is 0 Å². The molecular weight excluding hydrogens is 430 g/mol. The monoisotopic (exact) mass is 457 g/mol. The van der Waals surface area contributed by atoms with Crippen LogP contribution in [0.2, 0.25) is 0 Å². The molecule has 4 rings (SSSR count). The van der Waals surface area contributed by atoms with Gasteiger partial charge in [-0.3, -0.25) is 14.3 Å². The quantitative estimate of drug-likeness (QED) is 0.365. The maximum absolute atomic E-state index is 12.9. The van der Waals surface area contributed by atoms with Crippen LogP contribution in [0, 0.1) is 20.8 Å². The third-order valence-corrected chi connectivity index (χ3v) is 6.65. The van der Waals surface area contributed by atoms with E-state index in [-0.39, 0.29) is 11.7 Å². The summed E-state index contributed by atoms with van der Waals surface area (Å²) in [5.41, 5.74) is 6.63. The van der Waals surface area contributed by atoms with Crippen molar-refractivity contribution in [2.24, 2.45) is 0 Å². The molecule has 0 saturated carbocycles. The molecule has 0 atom stereocenters. The molecule has 0 spiro atoms. The maximum Gasteiger partial charge on any atom is 0.233 e.